The minimum absolute atomic E-state index is 0.0449. The standard InChI is InChI=1S/C15H22N4O3/c1-3-19-13(20)9-8-12(18-19)15(22)17-11-7-5-4-6-10(11)14(21)16-2/h8-11H,3-7H2,1-2H3,(H,16,21)(H,17,22)/t10-,11-/m0/s1. The number of nitrogens with zero attached hydrogens (tertiary/aromatic N) is 2. The first-order valence-corrected chi connectivity index (χ1v) is 7.67. The van der Waals surface area contributed by atoms with Gasteiger partial charge in [-0.05, 0) is 25.8 Å². The van der Waals surface area contributed by atoms with Crippen molar-refractivity contribution in [3.8, 4) is 0 Å². The Bertz CT molecular complexity index is 611. The maximum absolute atomic E-state index is 12.3. The molecular weight excluding hydrogens is 284 g/mol. The molecule has 1 aliphatic carbocycles. The molecule has 2 atom stereocenters. The van der Waals surface area contributed by atoms with Gasteiger partial charge in [-0.2, -0.15) is 5.10 Å². The minimum atomic E-state index is -0.344. The Balaban J connectivity index is 2.12. The maximum Gasteiger partial charge on any atom is 0.271 e. The fraction of sp³-hybridized carbons (Fsp3) is 0.600. The fourth-order valence-corrected chi connectivity index (χ4v) is 2.84. The van der Waals surface area contributed by atoms with E-state index in [-0.39, 0.29) is 35.0 Å². The van der Waals surface area contributed by atoms with Crippen LogP contribution in [-0.4, -0.2) is 34.7 Å². The van der Waals surface area contributed by atoms with E-state index in [1.807, 2.05) is 0 Å². The van der Waals surface area contributed by atoms with Gasteiger partial charge in [0.2, 0.25) is 5.91 Å². The molecular formula is C15H22N4O3. The summed E-state index contributed by atoms with van der Waals surface area (Å²) in [5, 5.41) is 9.58. The van der Waals surface area contributed by atoms with Crippen molar-refractivity contribution in [1.29, 1.82) is 0 Å². The van der Waals surface area contributed by atoms with Crippen molar-refractivity contribution < 1.29 is 9.59 Å². The van der Waals surface area contributed by atoms with Crippen LogP contribution in [0.3, 0.4) is 0 Å². The first kappa shape index (κ1) is 16.2. The van der Waals surface area contributed by atoms with E-state index in [0.717, 1.165) is 25.7 Å². The van der Waals surface area contributed by atoms with E-state index >= 15 is 0 Å². The Labute approximate surface area is 129 Å². The van der Waals surface area contributed by atoms with Crippen molar-refractivity contribution in [1.82, 2.24) is 20.4 Å². The van der Waals surface area contributed by atoms with Crippen LogP contribution < -0.4 is 16.2 Å². The van der Waals surface area contributed by atoms with Crippen LogP contribution >= 0.6 is 0 Å². The molecule has 1 aromatic heterocycles. The summed E-state index contributed by atoms with van der Waals surface area (Å²) in [4.78, 5) is 35.8. The van der Waals surface area contributed by atoms with Gasteiger partial charge in [0.15, 0.2) is 0 Å². The molecule has 1 saturated carbocycles. The van der Waals surface area contributed by atoms with Crippen molar-refractivity contribution >= 4 is 11.8 Å². The van der Waals surface area contributed by atoms with Gasteiger partial charge in [0, 0.05) is 25.7 Å². The third kappa shape index (κ3) is 3.52. The molecule has 2 N–H and O–H groups in total. The number of carbonyl (C=O) groups excluding carboxylic acids is 2. The quantitative estimate of drug-likeness (QED) is 0.836. The molecule has 0 unspecified atom stereocenters. The normalized spacial score (nSPS) is 21.2. The van der Waals surface area contributed by atoms with E-state index in [0.29, 0.717) is 6.54 Å². The Morgan fingerprint density at radius 2 is 2.05 bits per heavy atom. The maximum atomic E-state index is 12.3. The molecule has 1 fully saturated rings. The molecule has 120 valence electrons. The fourth-order valence-electron chi connectivity index (χ4n) is 2.84. The summed E-state index contributed by atoms with van der Waals surface area (Å²) in [5.41, 5.74) is -0.0392. The topological polar surface area (TPSA) is 93.1 Å². The summed E-state index contributed by atoms with van der Waals surface area (Å²) < 4.78 is 1.24. The number of carbonyl (C=O) groups is 2. The van der Waals surface area contributed by atoms with E-state index in [1.54, 1.807) is 14.0 Å². The molecule has 0 spiro atoms. The highest BCUT2D eigenvalue weighted by molar-refractivity contribution is 5.92. The number of aromatic nitrogens is 2. The van der Waals surface area contributed by atoms with Gasteiger partial charge in [-0.25, -0.2) is 4.68 Å². The first-order valence-electron chi connectivity index (χ1n) is 7.67. The third-order valence-electron chi connectivity index (χ3n) is 4.06. The van der Waals surface area contributed by atoms with Gasteiger partial charge < -0.3 is 10.6 Å². The molecule has 0 saturated heterocycles. The second-order valence-electron chi connectivity index (χ2n) is 5.46. The Kier molecular flexibility index (Phi) is 5.30. The second kappa shape index (κ2) is 7.20. The predicted octanol–water partition coefficient (Wildman–Crippen LogP) is 0.298. The lowest BCUT2D eigenvalue weighted by molar-refractivity contribution is -0.126. The van der Waals surface area contributed by atoms with Crippen molar-refractivity contribution in [2.75, 3.05) is 7.05 Å². The minimum Gasteiger partial charge on any atom is -0.359 e. The highest BCUT2D eigenvalue weighted by atomic mass is 16.2. The molecule has 0 aromatic carbocycles. The Hall–Kier alpha value is -2.18. The zero-order valence-corrected chi connectivity index (χ0v) is 13.0. The molecule has 1 aliphatic rings. The number of hydrogen-bond acceptors (Lipinski definition) is 4. The SMILES string of the molecule is CCn1nc(C(=O)N[C@H]2CCCC[C@@H]2C(=O)NC)ccc1=O. The van der Waals surface area contributed by atoms with Gasteiger partial charge in [-0.1, -0.05) is 12.8 Å². The van der Waals surface area contributed by atoms with E-state index in [4.69, 9.17) is 0 Å². The molecule has 22 heavy (non-hydrogen) atoms. The van der Waals surface area contributed by atoms with E-state index in [9.17, 15) is 14.4 Å². The molecule has 7 nitrogen and oxygen atoms in total. The number of amides is 2. The van der Waals surface area contributed by atoms with E-state index < -0.39 is 0 Å². The van der Waals surface area contributed by atoms with Gasteiger partial charge >= 0.3 is 0 Å². The van der Waals surface area contributed by atoms with Crippen molar-refractivity contribution in [3.05, 3.63) is 28.2 Å². The molecule has 0 aliphatic heterocycles. The Morgan fingerprint density at radius 3 is 2.73 bits per heavy atom. The predicted molar refractivity (Wildman–Crippen MR) is 81.4 cm³/mol. The van der Waals surface area contributed by atoms with Crippen LogP contribution in [0, 0.1) is 5.92 Å². The molecule has 1 aromatic rings. The number of aryl methyl sites for hydroxylation is 1. The average Bonchev–Trinajstić information content (AvgIpc) is 2.55. The number of nitrogens with one attached hydrogen (secondary N) is 2. The van der Waals surface area contributed by atoms with Crippen molar-refractivity contribution in [2.45, 2.75) is 45.2 Å². The molecule has 0 bridgehead atoms. The smallest absolute Gasteiger partial charge is 0.271 e. The Morgan fingerprint density at radius 1 is 1.32 bits per heavy atom. The van der Waals surface area contributed by atoms with Crippen LogP contribution in [0.5, 0.6) is 0 Å². The summed E-state index contributed by atoms with van der Waals surface area (Å²) in [6, 6.07) is 2.56. The highest BCUT2D eigenvalue weighted by Crippen LogP contribution is 2.24. The second-order valence-corrected chi connectivity index (χ2v) is 5.46. The summed E-state index contributed by atoms with van der Waals surface area (Å²) in [6.45, 7) is 2.20. The van der Waals surface area contributed by atoms with Crippen LogP contribution in [-0.2, 0) is 11.3 Å². The van der Waals surface area contributed by atoms with Gasteiger partial charge in [0.1, 0.15) is 5.69 Å². The summed E-state index contributed by atoms with van der Waals surface area (Å²) in [7, 11) is 1.61. The highest BCUT2D eigenvalue weighted by Gasteiger charge is 2.31. The number of hydrogen-bond donors (Lipinski definition) is 2. The van der Waals surface area contributed by atoms with E-state index in [1.165, 1.54) is 16.8 Å². The monoisotopic (exact) mass is 306 g/mol. The van der Waals surface area contributed by atoms with Crippen LogP contribution in [0.2, 0.25) is 0 Å². The number of rotatable bonds is 4. The summed E-state index contributed by atoms with van der Waals surface area (Å²) in [5.74, 6) is -0.598. The largest absolute Gasteiger partial charge is 0.359 e. The first-order chi connectivity index (χ1) is 10.6. The molecule has 2 rings (SSSR count). The summed E-state index contributed by atoms with van der Waals surface area (Å²) >= 11 is 0. The van der Waals surface area contributed by atoms with Gasteiger partial charge in [0.25, 0.3) is 11.5 Å². The zero-order valence-electron chi connectivity index (χ0n) is 13.0. The van der Waals surface area contributed by atoms with Crippen molar-refractivity contribution in [3.63, 3.8) is 0 Å². The van der Waals surface area contributed by atoms with Crippen LogP contribution in [0.4, 0.5) is 0 Å². The molecule has 1 heterocycles. The lowest BCUT2D eigenvalue weighted by Crippen LogP contribution is -2.48. The van der Waals surface area contributed by atoms with E-state index in [2.05, 4.69) is 15.7 Å². The zero-order chi connectivity index (χ0) is 16.1. The lowest BCUT2D eigenvalue weighted by atomic mass is 9.83. The van der Waals surface area contributed by atoms with Crippen molar-refractivity contribution in [2.24, 2.45) is 5.92 Å². The lowest BCUT2D eigenvalue weighted by Gasteiger charge is -2.30. The van der Waals surface area contributed by atoms with Crippen LogP contribution in [0.1, 0.15) is 43.1 Å². The van der Waals surface area contributed by atoms with Crippen LogP contribution in [0.15, 0.2) is 16.9 Å². The van der Waals surface area contributed by atoms with Gasteiger partial charge in [-0.3, -0.25) is 14.4 Å². The molecule has 0 radical (unpaired) electrons. The van der Waals surface area contributed by atoms with Gasteiger partial charge in [0.05, 0.1) is 5.92 Å². The molecule has 7 heteroatoms. The van der Waals surface area contributed by atoms with Gasteiger partial charge in [-0.15, -0.1) is 0 Å². The third-order valence-corrected chi connectivity index (χ3v) is 4.06. The average molecular weight is 306 g/mol. The molecule has 2 amide bonds. The summed E-state index contributed by atoms with van der Waals surface area (Å²) in [6.07, 6.45) is 3.52. The van der Waals surface area contributed by atoms with Crippen LogP contribution in [0.25, 0.3) is 0 Å².